The highest BCUT2D eigenvalue weighted by atomic mass is 35.5. The molecule has 2 aromatic heterocycles. The van der Waals surface area contributed by atoms with Gasteiger partial charge in [-0.05, 0) is 18.6 Å². The molecule has 3 aromatic rings. The summed E-state index contributed by atoms with van der Waals surface area (Å²) in [4.78, 5) is 8.26. The molecule has 0 aliphatic rings. The maximum atomic E-state index is 6.03. The van der Waals surface area contributed by atoms with Crippen LogP contribution in [-0.2, 0) is 0 Å². The topological polar surface area (TPSA) is 25.8 Å². The summed E-state index contributed by atoms with van der Waals surface area (Å²) >= 11 is 7.67. The summed E-state index contributed by atoms with van der Waals surface area (Å²) in [5.74, 6) is 0. The van der Waals surface area contributed by atoms with Gasteiger partial charge in [-0.3, -0.25) is 0 Å². The van der Waals surface area contributed by atoms with E-state index in [-0.39, 0.29) is 0 Å². The van der Waals surface area contributed by atoms with E-state index in [0.717, 1.165) is 15.6 Å². The minimum atomic E-state index is 0.541. The lowest BCUT2D eigenvalue weighted by Crippen LogP contribution is -1.78. The fourth-order valence-corrected chi connectivity index (χ4v) is 3.04. The molecule has 0 aliphatic carbocycles. The average molecular weight is 235 g/mol. The molecule has 0 amide bonds. The zero-order chi connectivity index (χ0) is 10.4. The lowest BCUT2D eigenvalue weighted by Gasteiger charge is -1.92. The van der Waals surface area contributed by atoms with E-state index in [1.54, 1.807) is 11.3 Å². The van der Waals surface area contributed by atoms with Crippen molar-refractivity contribution in [1.29, 1.82) is 0 Å². The molecule has 0 atom stereocenters. The number of aromatic nitrogens is 2. The highest BCUT2D eigenvalue weighted by Gasteiger charge is 2.09. The molecule has 15 heavy (non-hydrogen) atoms. The predicted octanol–water partition coefficient (Wildman–Crippen LogP) is 3.81. The van der Waals surface area contributed by atoms with Gasteiger partial charge in [0.1, 0.15) is 11.5 Å². The van der Waals surface area contributed by atoms with Gasteiger partial charge in [-0.2, -0.15) is 0 Å². The first-order valence-corrected chi connectivity index (χ1v) is 5.74. The van der Waals surface area contributed by atoms with Crippen molar-refractivity contribution in [2.45, 2.75) is 6.92 Å². The molecule has 0 spiro atoms. The molecule has 0 unspecified atom stereocenters. The van der Waals surface area contributed by atoms with Gasteiger partial charge in [0.2, 0.25) is 0 Å². The van der Waals surface area contributed by atoms with Crippen LogP contribution in [0.3, 0.4) is 0 Å². The van der Waals surface area contributed by atoms with Gasteiger partial charge in [0, 0.05) is 10.1 Å². The molecular formula is C11H7ClN2S. The highest BCUT2D eigenvalue weighted by molar-refractivity contribution is 7.26. The Morgan fingerprint density at radius 3 is 3.00 bits per heavy atom. The fourth-order valence-electron chi connectivity index (χ4n) is 1.65. The minimum absolute atomic E-state index is 0.541. The summed E-state index contributed by atoms with van der Waals surface area (Å²) in [6.45, 7) is 2.08. The quantitative estimate of drug-likeness (QED) is 0.553. The number of hydrogen-bond acceptors (Lipinski definition) is 3. The van der Waals surface area contributed by atoms with Crippen molar-refractivity contribution in [3.05, 3.63) is 35.2 Å². The maximum Gasteiger partial charge on any atom is 0.150 e. The number of thiophene rings is 1. The van der Waals surface area contributed by atoms with Crippen molar-refractivity contribution in [2.24, 2.45) is 0 Å². The third kappa shape index (κ3) is 1.31. The largest absolute Gasteiger partial charge is 0.235 e. The van der Waals surface area contributed by atoms with Gasteiger partial charge in [-0.1, -0.05) is 23.7 Å². The van der Waals surface area contributed by atoms with Crippen molar-refractivity contribution < 1.29 is 0 Å². The third-order valence-electron chi connectivity index (χ3n) is 2.36. The van der Waals surface area contributed by atoms with Gasteiger partial charge < -0.3 is 0 Å². The molecule has 74 valence electrons. The number of nitrogens with zero attached hydrogens (tertiary/aromatic N) is 2. The molecule has 2 heterocycles. The molecule has 0 radical (unpaired) electrons. The van der Waals surface area contributed by atoms with Gasteiger partial charge >= 0.3 is 0 Å². The van der Waals surface area contributed by atoms with Crippen LogP contribution in [-0.4, -0.2) is 9.97 Å². The number of hydrogen-bond donors (Lipinski definition) is 0. The lowest BCUT2D eigenvalue weighted by molar-refractivity contribution is 1.23. The van der Waals surface area contributed by atoms with Crippen LogP contribution in [0.25, 0.3) is 20.3 Å². The lowest BCUT2D eigenvalue weighted by atomic mass is 10.2. The first-order chi connectivity index (χ1) is 7.25. The van der Waals surface area contributed by atoms with Crippen LogP contribution in [0.2, 0.25) is 5.15 Å². The number of fused-ring (bicyclic) bond motifs is 3. The van der Waals surface area contributed by atoms with Crippen molar-refractivity contribution >= 4 is 43.2 Å². The molecule has 3 rings (SSSR count). The molecule has 0 saturated carbocycles. The predicted molar refractivity (Wildman–Crippen MR) is 64.7 cm³/mol. The number of rotatable bonds is 0. The SMILES string of the molecule is Cc1ccc2c(c1)sc1c(Cl)ncnc12. The third-order valence-corrected chi connectivity index (χ3v) is 3.91. The molecule has 2 nitrogen and oxygen atoms in total. The zero-order valence-corrected chi connectivity index (χ0v) is 9.56. The fraction of sp³-hybridized carbons (Fsp3) is 0.0909. The van der Waals surface area contributed by atoms with Crippen LogP contribution >= 0.6 is 22.9 Å². The summed E-state index contributed by atoms with van der Waals surface area (Å²) in [6, 6.07) is 6.33. The molecule has 0 fully saturated rings. The van der Waals surface area contributed by atoms with E-state index < -0.39 is 0 Å². The van der Waals surface area contributed by atoms with Crippen molar-refractivity contribution in [1.82, 2.24) is 9.97 Å². The van der Waals surface area contributed by atoms with Crippen LogP contribution in [0, 0.1) is 6.92 Å². The number of halogens is 1. The first-order valence-electron chi connectivity index (χ1n) is 4.55. The van der Waals surface area contributed by atoms with Crippen LogP contribution < -0.4 is 0 Å². The summed E-state index contributed by atoms with van der Waals surface area (Å²) in [5, 5.41) is 1.70. The summed E-state index contributed by atoms with van der Waals surface area (Å²) < 4.78 is 2.19. The molecule has 0 saturated heterocycles. The Labute approximate surface area is 95.5 Å². The van der Waals surface area contributed by atoms with Crippen molar-refractivity contribution in [3.63, 3.8) is 0 Å². The van der Waals surface area contributed by atoms with E-state index >= 15 is 0 Å². The molecular weight excluding hydrogens is 228 g/mol. The number of aryl methyl sites for hydroxylation is 1. The van der Waals surface area contributed by atoms with Crippen LogP contribution in [0.15, 0.2) is 24.5 Å². The van der Waals surface area contributed by atoms with Gasteiger partial charge in [-0.25, -0.2) is 9.97 Å². The Hall–Kier alpha value is -1.19. The Morgan fingerprint density at radius 1 is 1.27 bits per heavy atom. The Bertz CT molecular complexity index is 660. The van der Waals surface area contributed by atoms with Gasteiger partial charge in [0.05, 0.1) is 10.2 Å². The highest BCUT2D eigenvalue weighted by Crippen LogP contribution is 2.35. The standard InChI is InChI=1S/C11H7ClN2S/c1-6-2-3-7-8(4-6)15-10-9(7)13-5-14-11(10)12/h2-5H,1H3. The van der Waals surface area contributed by atoms with E-state index in [0.29, 0.717) is 5.15 Å². The second-order valence-corrected chi connectivity index (χ2v) is 4.85. The summed E-state index contributed by atoms with van der Waals surface area (Å²) in [6.07, 6.45) is 1.51. The number of benzene rings is 1. The van der Waals surface area contributed by atoms with Crippen molar-refractivity contribution in [3.8, 4) is 0 Å². The zero-order valence-electron chi connectivity index (χ0n) is 7.99. The maximum absolute atomic E-state index is 6.03. The molecule has 0 bridgehead atoms. The minimum Gasteiger partial charge on any atom is -0.235 e. The van der Waals surface area contributed by atoms with Gasteiger partial charge in [0.15, 0.2) is 0 Å². The van der Waals surface area contributed by atoms with E-state index in [1.165, 1.54) is 16.6 Å². The Kier molecular flexibility index (Phi) is 1.90. The van der Waals surface area contributed by atoms with Crippen LogP contribution in [0.5, 0.6) is 0 Å². The van der Waals surface area contributed by atoms with Gasteiger partial charge in [-0.15, -0.1) is 11.3 Å². The van der Waals surface area contributed by atoms with Gasteiger partial charge in [0.25, 0.3) is 0 Å². The van der Waals surface area contributed by atoms with E-state index in [2.05, 4.69) is 35.1 Å². The van der Waals surface area contributed by atoms with E-state index in [1.807, 2.05) is 0 Å². The summed E-state index contributed by atoms with van der Waals surface area (Å²) in [5.41, 5.74) is 2.20. The Morgan fingerprint density at radius 2 is 2.13 bits per heavy atom. The van der Waals surface area contributed by atoms with Crippen LogP contribution in [0.1, 0.15) is 5.56 Å². The van der Waals surface area contributed by atoms with Crippen LogP contribution in [0.4, 0.5) is 0 Å². The smallest absolute Gasteiger partial charge is 0.150 e. The second-order valence-electron chi connectivity index (χ2n) is 3.44. The van der Waals surface area contributed by atoms with Crippen molar-refractivity contribution in [2.75, 3.05) is 0 Å². The average Bonchev–Trinajstić information content (AvgIpc) is 2.57. The molecule has 4 heteroatoms. The second kappa shape index (κ2) is 3.15. The van der Waals surface area contributed by atoms with E-state index in [4.69, 9.17) is 11.6 Å². The van der Waals surface area contributed by atoms with E-state index in [9.17, 15) is 0 Å². The molecule has 1 aromatic carbocycles. The Balaban J connectivity index is 2.57. The summed E-state index contributed by atoms with van der Waals surface area (Å²) in [7, 11) is 0. The normalized spacial score (nSPS) is 11.3. The molecule has 0 aliphatic heterocycles. The monoisotopic (exact) mass is 234 g/mol. The molecule has 0 N–H and O–H groups in total. The first kappa shape index (κ1) is 9.07.